The van der Waals surface area contributed by atoms with E-state index >= 15 is 0 Å². The molecule has 1 unspecified atom stereocenters. The first-order chi connectivity index (χ1) is 7.72. The Morgan fingerprint density at radius 2 is 2.12 bits per heavy atom. The molecule has 1 rings (SSSR count). The maximum Gasteiger partial charge on any atom is 0.174 e. The highest BCUT2D eigenvalue weighted by atomic mass is 32.2. The summed E-state index contributed by atoms with van der Waals surface area (Å²) in [7, 11) is 3.23. The van der Waals surface area contributed by atoms with Crippen LogP contribution in [0.5, 0.6) is 11.5 Å². The molecular formula is C12H16O3S. The molecule has 88 valence electrons. The monoisotopic (exact) mass is 240 g/mol. The van der Waals surface area contributed by atoms with Gasteiger partial charge in [-0.2, -0.15) is 0 Å². The molecule has 1 aromatic rings. The van der Waals surface area contributed by atoms with Crippen LogP contribution in [0.1, 0.15) is 6.92 Å². The fourth-order valence-corrected chi connectivity index (χ4v) is 2.24. The lowest BCUT2D eigenvalue weighted by atomic mass is 10.3. The zero-order valence-corrected chi connectivity index (χ0v) is 10.5. The van der Waals surface area contributed by atoms with Gasteiger partial charge in [0.15, 0.2) is 11.5 Å². The largest absolute Gasteiger partial charge is 0.493 e. The highest BCUT2D eigenvalue weighted by Crippen LogP contribution is 2.37. The van der Waals surface area contributed by atoms with Crippen molar-refractivity contribution in [2.24, 2.45) is 5.92 Å². The van der Waals surface area contributed by atoms with Crippen LogP contribution < -0.4 is 9.47 Å². The Morgan fingerprint density at radius 3 is 2.69 bits per heavy atom. The van der Waals surface area contributed by atoms with E-state index in [9.17, 15) is 4.79 Å². The Labute approximate surface area is 100 Å². The van der Waals surface area contributed by atoms with E-state index in [0.717, 1.165) is 22.7 Å². The van der Waals surface area contributed by atoms with E-state index in [0.29, 0.717) is 5.75 Å². The van der Waals surface area contributed by atoms with Gasteiger partial charge in [0.2, 0.25) is 0 Å². The SMILES string of the molecule is COc1cccc(SCC(C)C=O)c1OC. The summed E-state index contributed by atoms with van der Waals surface area (Å²) in [6.07, 6.45) is 0.958. The Hall–Kier alpha value is -1.16. The van der Waals surface area contributed by atoms with Crippen molar-refractivity contribution in [1.82, 2.24) is 0 Å². The molecule has 1 atom stereocenters. The van der Waals surface area contributed by atoms with Gasteiger partial charge < -0.3 is 14.3 Å². The van der Waals surface area contributed by atoms with E-state index in [1.165, 1.54) is 0 Å². The molecule has 0 fully saturated rings. The van der Waals surface area contributed by atoms with Crippen LogP contribution in [0.3, 0.4) is 0 Å². The molecule has 0 radical (unpaired) electrons. The number of aldehydes is 1. The average molecular weight is 240 g/mol. The van der Waals surface area contributed by atoms with Crippen LogP contribution in [-0.2, 0) is 4.79 Å². The van der Waals surface area contributed by atoms with Gasteiger partial charge in [0.1, 0.15) is 6.29 Å². The molecule has 0 aromatic heterocycles. The summed E-state index contributed by atoms with van der Waals surface area (Å²) in [5, 5.41) is 0. The van der Waals surface area contributed by atoms with Crippen molar-refractivity contribution >= 4 is 18.0 Å². The molecule has 0 aliphatic heterocycles. The lowest BCUT2D eigenvalue weighted by Crippen LogP contribution is -1.99. The van der Waals surface area contributed by atoms with Crippen molar-refractivity contribution in [1.29, 1.82) is 0 Å². The van der Waals surface area contributed by atoms with Crippen LogP contribution in [-0.4, -0.2) is 26.3 Å². The molecule has 4 heteroatoms. The second-order valence-electron chi connectivity index (χ2n) is 3.42. The third kappa shape index (κ3) is 3.17. The molecule has 0 N–H and O–H groups in total. The Kier molecular flexibility index (Phi) is 5.19. The van der Waals surface area contributed by atoms with Gasteiger partial charge in [-0.3, -0.25) is 0 Å². The molecule has 0 saturated heterocycles. The molecule has 0 aliphatic rings. The van der Waals surface area contributed by atoms with Crippen molar-refractivity contribution in [2.45, 2.75) is 11.8 Å². The predicted molar refractivity (Wildman–Crippen MR) is 65.5 cm³/mol. The molecule has 0 bridgehead atoms. The van der Waals surface area contributed by atoms with Gasteiger partial charge in [0.05, 0.1) is 19.1 Å². The van der Waals surface area contributed by atoms with Crippen molar-refractivity contribution < 1.29 is 14.3 Å². The topological polar surface area (TPSA) is 35.5 Å². The molecule has 0 spiro atoms. The molecule has 16 heavy (non-hydrogen) atoms. The fourth-order valence-electron chi connectivity index (χ4n) is 1.23. The highest BCUT2D eigenvalue weighted by Gasteiger charge is 2.10. The van der Waals surface area contributed by atoms with Gasteiger partial charge in [-0.15, -0.1) is 11.8 Å². The van der Waals surface area contributed by atoms with Crippen molar-refractivity contribution in [2.75, 3.05) is 20.0 Å². The summed E-state index contributed by atoms with van der Waals surface area (Å²) >= 11 is 1.60. The normalized spacial score (nSPS) is 11.9. The van der Waals surface area contributed by atoms with Crippen LogP contribution in [0.25, 0.3) is 0 Å². The average Bonchev–Trinajstić information content (AvgIpc) is 2.34. The molecule has 0 amide bonds. The lowest BCUT2D eigenvalue weighted by molar-refractivity contribution is -0.110. The van der Waals surface area contributed by atoms with Crippen molar-refractivity contribution in [3.63, 3.8) is 0 Å². The van der Waals surface area contributed by atoms with Crippen LogP contribution >= 0.6 is 11.8 Å². The van der Waals surface area contributed by atoms with E-state index in [1.807, 2.05) is 25.1 Å². The van der Waals surface area contributed by atoms with E-state index in [4.69, 9.17) is 9.47 Å². The van der Waals surface area contributed by atoms with E-state index < -0.39 is 0 Å². The van der Waals surface area contributed by atoms with Crippen LogP contribution in [0.4, 0.5) is 0 Å². The molecular weight excluding hydrogens is 224 g/mol. The number of thioether (sulfide) groups is 1. The molecule has 1 aromatic carbocycles. The van der Waals surface area contributed by atoms with E-state index in [1.54, 1.807) is 26.0 Å². The summed E-state index contributed by atoms with van der Waals surface area (Å²) in [5.74, 6) is 2.23. The number of ether oxygens (including phenoxy) is 2. The lowest BCUT2D eigenvalue weighted by Gasteiger charge is -2.12. The third-order valence-electron chi connectivity index (χ3n) is 2.10. The van der Waals surface area contributed by atoms with Crippen molar-refractivity contribution in [3.05, 3.63) is 18.2 Å². The number of methoxy groups -OCH3 is 2. The first kappa shape index (κ1) is 12.9. The van der Waals surface area contributed by atoms with Gasteiger partial charge in [0.25, 0.3) is 0 Å². The molecule has 0 saturated carbocycles. The second-order valence-corrected chi connectivity index (χ2v) is 4.48. The minimum atomic E-state index is 0.0425. The number of carbonyl (C=O) groups is 1. The molecule has 0 heterocycles. The van der Waals surface area contributed by atoms with Gasteiger partial charge in [-0.25, -0.2) is 0 Å². The first-order valence-electron chi connectivity index (χ1n) is 5.02. The Morgan fingerprint density at radius 1 is 1.38 bits per heavy atom. The quantitative estimate of drug-likeness (QED) is 0.565. The maximum atomic E-state index is 10.5. The Bertz CT molecular complexity index is 352. The number of rotatable bonds is 6. The zero-order valence-electron chi connectivity index (χ0n) is 9.73. The Balaban J connectivity index is 2.82. The standard InChI is InChI=1S/C12H16O3S/c1-9(7-13)8-16-11-6-4-5-10(14-2)12(11)15-3/h4-7,9H,8H2,1-3H3. The van der Waals surface area contributed by atoms with Crippen molar-refractivity contribution in [3.8, 4) is 11.5 Å². The van der Waals surface area contributed by atoms with Crippen LogP contribution in [0, 0.1) is 5.92 Å². The minimum absolute atomic E-state index is 0.0425. The summed E-state index contributed by atoms with van der Waals surface area (Å²) in [5.41, 5.74) is 0. The second kappa shape index (κ2) is 6.43. The smallest absolute Gasteiger partial charge is 0.174 e. The number of carbonyl (C=O) groups excluding carboxylic acids is 1. The number of para-hydroxylation sites is 1. The van der Waals surface area contributed by atoms with Gasteiger partial charge in [0, 0.05) is 11.7 Å². The fraction of sp³-hybridized carbons (Fsp3) is 0.417. The van der Waals surface area contributed by atoms with Gasteiger partial charge in [-0.1, -0.05) is 13.0 Å². The highest BCUT2D eigenvalue weighted by molar-refractivity contribution is 7.99. The summed E-state index contributed by atoms with van der Waals surface area (Å²) in [4.78, 5) is 11.5. The number of benzene rings is 1. The first-order valence-corrected chi connectivity index (χ1v) is 6.00. The maximum absolute atomic E-state index is 10.5. The van der Waals surface area contributed by atoms with Gasteiger partial charge in [-0.05, 0) is 12.1 Å². The predicted octanol–water partition coefficient (Wildman–Crippen LogP) is 2.63. The molecule has 0 aliphatic carbocycles. The van der Waals surface area contributed by atoms with Crippen LogP contribution in [0.15, 0.2) is 23.1 Å². The number of hydrogen-bond acceptors (Lipinski definition) is 4. The van der Waals surface area contributed by atoms with E-state index in [-0.39, 0.29) is 5.92 Å². The summed E-state index contributed by atoms with van der Waals surface area (Å²) in [6.45, 7) is 1.90. The molecule has 3 nitrogen and oxygen atoms in total. The number of hydrogen-bond donors (Lipinski definition) is 0. The van der Waals surface area contributed by atoms with Crippen LogP contribution in [0.2, 0.25) is 0 Å². The van der Waals surface area contributed by atoms with Gasteiger partial charge >= 0.3 is 0 Å². The summed E-state index contributed by atoms with van der Waals surface area (Å²) in [6, 6.07) is 5.73. The third-order valence-corrected chi connectivity index (χ3v) is 3.43. The minimum Gasteiger partial charge on any atom is -0.493 e. The summed E-state index contributed by atoms with van der Waals surface area (Å²) < 4.78 is 10.5. The van der Waals surface area contributed by atoms with E-state index in [2.05, 4.69) is 0 Å². The zero-order chi connectivity index (χ0) is 12.0.